The first kappa shape index (κ1) is 22.7. The SMILES string of the molecule is Nc1nc(=O)n(C2OC(COP3(=O)OCc4ccccc4O3)(C(F)F)C(O)C2F)cc1F. The van der Waals surface area contributed by atoms with Crippen molar-refractivity contribution in [3.8, 4) is 5.75 Å². The standard InChI is InChI=1S/C17H16F4N3O7P/c18-9-5-24(16(26)23-13(9)22)14-11(19)12(25)17(30-14,15(20)21)7-29-32(27)28-6-8-3-1-2-4-10(8)31-32/h1-5,11-12,14-15,25H,6-7H2,(H2,22,23,26). The predicted molar refractivity (Wildman–Crippen MR) is 98.0 cm³/mol. The van der Waals surface area contributed by atoms with Gasteiger partial charge >= 0.3 is 13.5 Å². The van der Waals surface area contributed by atoms with Crippen LogP contribution >= 0.6 is 7.82 Å². The molecular weight excluding hydrogens is 465 g/mol. The van der Waals surface area contributed by atoms with Crippen molar-refractivity contribution < 1.29 is 45.5 Å². The molecule has 0 radical (unpaired) electrons. The first-order valence-electron chi connectivity index (χ1n) is 9.05. The Morgan fingerprint density at radius 2 is 2.12 bits per heavy atom. The second kappa shape index (κ2) is 8.12. The molecule has 2 aromatic rings. The van der Waals surface area contributed by atoms with Crippen LogP contribution in [0.3, 0.4) is 0 Å². The van der Waals surface area contributed by atoms with Crippen LogP contribution in [0.4, 0.5) is 23.4 Å². The van der Waals surface area contributed by atoms with Crippen molar-refractivity contribution in [3.05, 3.63) is 52.3 Å². The van der Waals surface area contributed by atoms with E-state index in [0.29, 0.717) is 11.8 Å². The molecule has 3 N–H and O–H groups in total. The van der Waals surface area contributed by atoms with Crippen LogP contribution in [0.2, 0.25) is 0 Å². The molecule has 0 bridgehead atoms. The molecule has 0 amide bonds. The summed E-state index contributed by atoms with van der Waals surface area (Å²) in [6.45, 7) is -1.57. The van der Waals surface area contributed by atoms with Crippen LogP contribution in [0.25, 0.3) is 0 Å². The van der Waals surface area contributed by atoms with Gasteiger partial charge in [0.15, 0.2) is 29.6 Å². The molecular formula is C17H16F4N3O7P. The highest BCUT2D eigenvalue weighted by Gasteiger charge is 2.62. The number of phosphoric ester groups is 1. The Morgan fingerprint density at radius 1 is 1.41 bits per heavy atom. The number of alkyl halides is 3. The lowest BCUT2D eigenvalue weighted by Gasteiger charge is -2.32. The normalized spacial score (nSPS) is 32.0. The van der Waals surface area contributed by atoms with Crippen LogP contribution in [0.5, 0.6) is 5.75 Å². The van der Waals surface area contributed by atoms with Gasteiger partial charge in [0.1, 0.15) is 11.9 Å². The highest BCUT2D eigenvalue weighted by molar-refractivity contribution is 7.49. The fraction of sp³-hybridized carbons (Fsp3) is 0.412. The van der Waals surface area contributed by atoms with E-state index in [1.54, 1.807) is 18.2 Å². The highest BCUT2D eigenvalue weighted by atomic mass is 31.2. The van der Waals surface area contributed by atoms with E-state index in [1.165, 1.54) is 6.07 Å². The van der Waals surface area contributed by atoms with E-state index in [4.69, 9.17) is 24.0 Å². The minimum atomic E-state index is -4.45. The molecule has 2 aliphatic rings. The summed E-state index contributed by atoms with van der Waals surface area (Å²) in [6.07, 6.45) is -10.6. The maximum absolute atomic E-state index is 14.8. The number of phosphoric acid groups is 1. The Morgan fingerprint density at radius 3 is 2.84 bits per heavy atom. The van der Waals surface area contributed by atoms with E-state index in [9.17, 15) is 32.0 Å². The number of para-hydroxylation sites is 1. The average Bonchev–Trinajstić information content (AvgIpc) is 3.01. The zero-order valence-electron chi connectivity index (χ0n) is 15.9. The maximum Gasteiger partial charge on any atom is 0.530 e. The molecule has 10 nitrogen and oxygen atoms in total. The van der Waals surface area contributed by atoms with Crippen molar-refractivity contribution in [2.45, 2.75) is 37.1 Å². The zero-order valence-corrected chi connectivity index (χ0v) is 16.8. The van der Waals surface area contributed by atoms with E-state index in [1.807, 2.05) is 0 Å². The molecule has 1 fully saturated rings. The maximum atomic E-state index is 14.8. The number of ether oxygens (including phenoxy) is 1. The minimum absolute atomic E-state index is 0.122. The van der Waals surface area contributed by atoms with Crippen molar-refractivity contribution in [2.24, 2.45) is 0 Å². The van der Waals surface area contributed by atoms with Gasteiger partial charge in [-0.05, 0) is 6.07 Å². The Kier molecular flexibility index (Phi) is 5.75. The Labute approximate surface area is 177 Å². The van der Waals surface area contributed by atoms with Gasteiger partial charge in [-0.15, -0.1) is 0 Å². The molecule has 15 heteroatoms. The summed E-state index contributed by atoms with van der Waals surface area (Å²) in [4.78, 5) is 15.1. The largest absolute Gasteiger partial charge is 0.530 e. The molecule has 4 rings (SSSR count). The summed E-state index contributed by atoms with van der Waals surface area (Å²) in [5, 5.41) is 10.2. The molecule has 1 saturated heterocycles. The van der Waals surface area contributed by atoms with Gasteiger partial charge in [-0.1, -0.05) is 18.2 Å². The number of halogens is 4. The van der Waals surface area contributed by atoms with Crippen LogP contribution in [0, 0.1) is 5.82 Å². The van der Waals surface area contributed by atoms with Gasteiger partial charge in [0.2, 0.25) is 0 Å². The van der Waals surface area contributed by atoms with Gasteiger partial charge in [-0.25, -0.2) is 26.9 Å². The fourth-order valence-corrected chi connectivity index (χ4v) is 4.51. The van der Waals surface area contributed by atoms with Crippen molar-refractivity contribution in [2.75, 3.05) is 12.3 Å². The van der Waals surface area contributed by atoms with E-state index in [2.05, 4.69) is 4.98 Å². The molecule has 1 aromatic carbocycles. The molecule has 0 aliphatic carbocycles. The van der Waals surface area contributed by atoms with Gasteiger partial charge in [0, 0.05) is 5.56 Å². The summed E-state index contributed by atoms with van der Waals surface area (Å²) in [7, 11) is -4.45. The first-order valence-corrected chi connectivity index (χ1v) is 10.5. The number of aromatic nitrogens is 2. The van der Waals surface area contributed by atoms with Crippen molar-refractivity contribution >= 4 is 13.6 Å². The monoisotopic (exact) mass is 481 g/mol. The molecule has 0 saturated carbocycles. The van der Waals surface area contributed by atoms with Crippen LogP contribution < -0.4 is 15.9 Å². The Bertz CT molecular complexity index is 1140. The topological polar surface area (TPSA) is 135 Å². The van der Waals surface area contributed by atoms with E-state index in [-0.39, 0.29) is 16.9 Å². The summed E-state index contributed by atoms with van der Waals surface area (Å²) in [5.74, 6) is -1.92. The van der Waals surface area contributed by atoms with Crippen LogP contribution in [0.1, 0.15) is 11.8 Å². The summed E-state index contributed by atoms with van der Waals surface area (Å²) >= 11 is 0. The number of aliphatic hydroxyl groups is 1. The van der Waals surface area contributed by atoms with Gasteiger partial charge < -0.3 is 20.1 Å². The summed E-state index contributed by atoms with van der Waals surface area (Å²) < 4.78 is 89.4. The van der Waals surface area contributed by atoms with E-state index >= 15 is 0 Å². The number of hydrogen-bond acceptors (Lipinski definition) is 9. The molecule has 3 heterocycles. The smallest absolute Gasteiger partial charge is 0.404 e. The quantitative estimate of drug-likeness (QED) is 0.485. The number of nitrogens with two attached hydrogens (primary N) is 1. The van der Waals surface area contributed by atoms with Crippen LogP contribution in [0.15, 0.2) is 35.3 Å². The molecule has 2 aliphatic heterocycles. The zero-order chi connectivity index (χ0) is 23.3. The lowest BCUT2D eigenvalue weighted by Crippen LogP contribution is -2.52. The molecule has 1 aromatic heterocycles. The summed E-state index contributed by atoms with van der Waals surface area (Å²) in [6, 6.07) is 6.28. The van der Waals surface area contributed by atoms with Gasteiger partial charge in [0.05, 0.1) is 19.4 Å². The van der Waals surface area contributed by atoms with Crippen LogP contribution in [-0.4, -0.2) is 45.6 Å². The first-order chi connectivity index (χ1) is 15.1. The number of nitrogen functional groups attached to an aromatic ring is 1. The molecule has 0 spiro atoms. The third-order valence-corrected chi connectivity index (χ3v) is 6.31. The number of rotatable bonds is 5. The molecule has 32 heavy (non-hydrogen) atoms. The summed E-state index contributed by atoms with van der Waals surface area (Å²) in [5.41, 5.74) is 1.26. The number of hydrogen-bond donors (Lipinski definition) is 2. The van der Waals surface area contributed by atoms with Gasteiger partial charge in [-0.3, -0.25) is 13.6 Å². The van der Waals surface area contributed by atoms with Gasteiger partial charge in [0.25, 0.3) is 6.43 Å². The van der Waals surface area contributed by atoms with E-state index < -0.39 is 62.3 Å². The van der Waals surface area contributed by atoms with Crippen molar-refractivity contribution in [3.63, 3.8) is 0 Å². The number of nitrogens with zero attached hydrogens (tertiary/aromatic N) is 2. The Balaban J connectivity index is 1.59. The lowest BCUT2D eigenvalue weighted by atomic mass is 9.97. The average molecular weight is 481 g/mol. The molecule has 174 valence electrons. The minimum Gasteiger partial charge on any atom is -0.404 e. The van der Waals surface area contributed by atoms with E-state index in [0.717, 1.165) is 0 Å². The van der Waals surface area contributed by atoms with Crippen LogP contribution in [-0.2, 0) is 25.0 Å². The number of fused-ring (bicyclic) bond motifs is 1. The lowest BCUT2D eigenvalue weighted by molar-refractivity contribution is -0.194. The molecule has 5 unspecified atom stereocenters. The van der Waals surface area contributed by atoms with Gasteiger partial charge in [-0.2, -0.15) is 4.98 Å². The van der Waals surface area contributed by atoms with Crippen molar-refractivity contribution in [1.82, 2.24) is 9.55 Å². The number of aliphatic hydroxyl groups excluding tert-OH is 1. The third-order valence-electron chi connectivity index (χ3n) is 5.00. The number of anilines is 1. The highest BCUT2D eigenvalue weighted by Crippen LogP contribution is 2.56. The van der Waals surface area contributed by atoms with Crippen molar-refractivity contribution in [1.29, 1.82) is 0 Å². The fourth-order valence-electron chi connectivity index (χ4n) is 3.25. The third kappa shape index (κ3) is 3.77. The predicted octanol–water partition coefficient (Wildman–Crippen LogP) is 1.93. The number of benzene rings is 1. The second-order valence-electron chi connectivity index (χ2n) is 7.01. The second-order valence-corrected chi connectivity index (χ2v) is 8.60. The Hall–Kier alpha value is -2.51. The molecule has 5 atom stereocenters.